The van der Waals surface area contributed by atoms with Crippen molar-refractivity contribution in [2.45, 2.75) is 19.1 Å². The van der Waals surface area contributed by atoms with Gasteiger partial charge in [0.15, 0.2) is 0 Å². The summed E-state index contributed by atoms with van der Waals surface area (Å²) in [5, 5.41) is 8.75. The van der Waals surface area contributed by atoms with E-state index in [1.165, 1.54) is 5.69 Å². The van der Waals surface area contributed by atoms with Crippen molar-refractivity contribution in [3.8, 4) is 0 Å². The van der Waals surface area contributed by atoms with Gasteiger partial charge in [-0.2, -0.15) is 5.11 Å². The minimum Gasteiger partial charge on any atom is -0.371 e. The fourth-order valence-electron chi connectivity index (χ4n) is 2.60. The van der Waals surface area contributed by atoms with Gasteiger partial charge in [0, 0.05) is 45.3 Å². The van der Waals surface area contributed by atoms with E-state index >= 15 is 0 Å². The van der Waals surface area contributed by atoms with Gasteiger partial charge >= 0.3 is 0 Å². The molecule has 132 valence electrons. The molecule has 24 heavy (non-hydrogen) atoms. The summed E-state index contributed by atoms with van der Waals surface area (Å²) < 4.78 is 0. The number of nitrogens with two attached hydrogens (primary N) is 2. The lowest BCUT2D eigenvalue weighted by Gasteiger charge is -2.24. The first kappa shape index (κ1) is 18.2. The molecule has 0 bridgehead atoms. The van der Waals surface area contributed by atoms with Crippen LogP contribution in [-0.4, -0.2) is 56.4 Å². The number of hydrogen-bond donors (Lipinski definition) is 2. The summed E-state index contributed by atoms with van der Waals surface area (Å²) in [7, 11) is 3.97. The van der Waals surface area contributed by atoms with E-state index in [1.807, 2.05) is 48.4 Å². The summed E-state index contributed by atoms with van der Waals surface area (Å²) in [5.41, 5.74) is 13.3. The Morgan fingerprint density at radius 1 is 0.958 bits per heavy atom. The monoisotopic (exact) mass is 331 g/mol. The molecule has 1 aliphatic heterocycles. The standard InChI is InChI=1S/C17H29N7/c1-22-13-14-23(2)17(22)21-20-15-5-7-16(8-6-15)24(11-3-9-18)12-4-10-19/h5-8,13-14,17H,3-4,9-12,18-19H2,1-2H3/b21-20+. The lowest BCUT2D eigenvalue weighted by molar-refractivity contribution is 0.206. The Morgan fingerprint density at radius 3 is 2.00 bits per heavy atom. The average Bonchev–Trinajstić information content (AvgIpc) is 2.92. The van der Waals surface area contributed by atoms with E-state index in [0.29, 0.717) is 13.1 Å². The van der Waals surface area contributed by atoms with Gasteiger partial charge in [-0.25, -0.2) is 0 Å². The van der Waals surface area contributed by atoms with Crippen LogP contribution < -0.4 is 16.4 Å². The summed E-state index contributed by atoms with van der Waals surface area (Å²) in [6.07, 6.45) is 5.84. The van der Waals surface area contributed by atoms with Crippen LogP contribution >= 0.6 is 0 Å². The highest BCUT2D eigenvalue weighted by atomic mass is 15.5. The molecule has 0 saturated carbocycles. The SMILES string of the molecule is CN1C=CN(C)C1/N=N/c1ccc(N(CCCN)CCCN)cc1. The maximum Gasteiger partial charge on any atom is 0.217 e. The van der Waals surface area contributed by atoms with Crippen LogP contribution in [0.25, 0.3) is 0 Å². The van der Waals surface area contributed by atoms with Crippen LogP contribution in [0.15, 0.2) is 46.9 Å². The van der Waals surface area contributed by atoms with E-state index < -0.39 is 0 Å². The minimum absolute atomic E-state index is 0.0738. The molecule has 0 spiro atoms. The van der Waals surface area contributed by atoms with Crippen LogP contribution in [0, 0.1) is 0 Å². The van der Waals surface area contributed by atoms with Gasteiger partial charge in [0.25, 0.3) is 0 Å². The van der Waals surface area contributed by atoms with Gasteiger partial charge in [-0.1, -0.05) is 0 Å². The lowest BCUT2D eigenvalue weighted by atomic mass is 10.2. The number of nitrogens with zero attached hydrogens (tertiary/aromatic N) is 5. The maximum atomic E-state index is 5.64. The average molecular weight is 331 g/mol. The molecule has 2 rings (SSSR count). The molecule has 0 fully saturated rings. The van der Waals surface area contributed by atoms with E-state index in [4.69, 9.17) is 11.5 Å². The molecule has 4 N–H and O–H groups in total. The van der Waals surface area contributed by atoms with Crippen LogP contribution in [0.4, 0.5) is 11.4 Å². The second kappa shape index (κ2) is 9.24. The minimum atomic E-state index is -0.0738. The van der Waals surface area contributed by atoms with Crippen LogP contribution in [0.5, 0.6) is 0 Å². The first-order valence-corrected chi connectivity index (χ1v) is 8.44. The molecule has 7 nitrogen and oxygen atoms in total. The van der Waals surface area contributed by atoms with Crippen molar-refractivity contribution in [2.24, 2.45) is 21.7 Å². The highest BCUT2D eigenvalue weighted by Crippen LogP contribution is 2.22. The Balaban J connectivity index is 2.00. The molecule has 1 aliphatic rings. The van der Waals surface area contributed by atoms with Gasteiger partial charge in [0.05, 0.1) is 5.69 Å². The highest BCUT2D eigenvalue weighted by molar-refractivity contribution is 5.52. The summed E-state index contributed by atoms with van der Waals surface area (Å²) in [4.78, 5) is 6.35. The maximum absolute atomic E-state index is 5.64. The Bertz CT molecular complexity index is 520. The summed E-state index contributed by atoms with van der Waals surface area (Å²) in [6.45, 7) is 3.28. The zero-order valence-electron chi connectivity index (χ0n) is 14.7. The van der Waals surface area contributed by atoms with E-state index in [0.717, 1.165) is 31.6 Å². The van der Waals surface area contributed by atoms with E-state index in [1.54, 1.807) is 0 Å². The van der Waals surface area contributed by atoms with Crippen molar-refractivity contribution in [3.05, 3.63) is 36.7 Å². The van der Waals surface area contributed by atoms with Crippen molar-refractivity contribution in [1.29, 1.82) is 0 Å². The summed E-state index contributed by atoms with van der Waals surface area (Å²) in [6, 6.07) is 8.17. The summed E-state index contributed by atoms with van der Waals surface area (Å²) >= 11 is 0. The third-order valence-electron chi connectivity index (χ3n) is 4.02. The predicted molar refractivity (Wildman–Crippen MR) is 99.0 cm³/mol. The molecule has 1 aromatic carbocycles. The van der Waals surface area contributed by atoms with Crippen LogP contribution in [0.3, 0.4) is 0 Å². The quantitative estimate of drug-likeness (QED) is 0.675. The molecular formula is C17H29N7. The van der Waals surface area contributed by atoms with Crippen molar-refractivity contribution in [3.63, 3.8) is 0 Å². The lowest BCUT2D eigenvalue weighted by Crippen LogP contribution is -2.31. The molecule has 0 unspecified atom stereocenters. The first-order chi connectivity index (χ1) is 11.7. The van der Waals surface area contributed by atoms with Gasteiger partial charge in [-0.3, -0.25) is 0 Å². The first-order valence-electron chi connectivity index (χ1n) is 8.44. The number of azo groups is 1. The van der Waals surface area contributed by atoms with Crippen LogP contribution in [0.2, 0.25) is 0 Å². The van der Waals surface area contributed by atoms with Gasteiger partial charge < -0.3 is 26.2 Å². The number of benzene rings is 1. The molecule has 1 heterocycles. The van der Waals surface area contributed by atoms with Gasteiger partial charge in [0.2, 0.25) is 6.29 Å². The second-order valence-electron chi connectivity index (χ2n) is 5.98. The molecule has 1 aromatic rings. The smallest absolute Gasteiger partial charge is 0.217 e. The molecule has 0 aromatic heterocycles. The molecule has 0 radical (unpaired) electrons. The predicted octanol–water partition coefficient (Wildman–Crippen LogP) is 1.91. The second-order valence-corrected chi connectivity index (χ2v) is 5.98. The normalized spacial score (nSPS) is 15.0. The molecule has 0 amide bonds. The molecule has 0 aliphatic carbocycles. The van der Waals surface area contributed by atoms with Crippen LogP contribution in [-0.2, 0) is 0 Å². The Kier molecular flexibility index (Phi) is 7.02. The fraction of sp³-hybridized carbons (Fsp3) is 0.529. The van der Waals surface area contributed by atoms with Gasteiger partial charge in [-0.05, 0) is 50.2 Å². The molecule has 0 atom stereocenters. The topological polar surface area (TPSA) is 86.5 Å². The number of anilines is 1. The third kappa shape index (κ3) is 4.94. The van der Waals surface area contributed by atoms with Crippen molar-refractivity contribution >= 4 is 11.4 Å². The van der Waals surface area contributed by atoms with E-state index in [-0.39, 0.29) is 6.29 Å². The van der Waals surface area contributed by atoms with Crippen LogP contribution in [0.1, 0.15) is 12.8 Å². The van der Waals surface area contributed by atoms with E-state index in [2.05, 4.69) is 27.3 Å². The molecule has 7 heteroatoms. The Hall–Kier alpha value is -2.12. The summed E-state index contributed by atoms with van der Waals surface area (Å²) in [5.74, 6) is 0. The Morgan fingerprint density at radius 2 is 1.50 bits per heavy atom. The highest BCUT2D eigenvalue weighted by Gasteiger charge is 2.19. The van der Waals surface area contributed by atoms with Crippen molar-refractivity contribution < 1.29 is 0 Å². The van der Waals surface area contributed by atoms with Crippen molar-refractivity contribution in [2.75, 3.05) is 45.2 Å². The van der Waals surface area contributed by atoms with Gasteiger partial charge in [0.1, 0.15) is 0 Å². The number of rotatable bonds is 9. The molecule has 0 saturated heterocycles. The Labute approximate surface area is 144 Å². The zero-order valence-corrected chi connectivity index (χ0v) is 14.7. The fourth-order valence-corrected chi connectivity index (χ4v) is 2.60. The largest absolute Gasteiger partial charge is 0.371 e. The van der Waals surface area contributed by atoms with Gasteiger partial charge in [-0.15, -0.1) is 5.11 Å². The number of hydrogen-bond acceptors (Lipinski definition) is 7. The van der Waals surface area contributed by atoms with E-state index in [9.17, 15) is 0 Å². The van der Waals surface area contributed by atoms with Crippen molar-refractivity contribution in [1.82, 2.24) is 9.80 Å². The third-order valence-corrected chi connectivity index (χ3v) is 4.02. The zero-order chi connectivity index (χ0) is 17.4. The molecular weight excluding hydrogens is 302 g/mol.